The lowest BCUT2D eigenvalue weighted by Crippen LogP contribution is -1.89. The van der Waals surface area contributed by atoms with Gasteiger partial charge in [0, 0.05) is 11.6 Å². The van der Waals surface area contributed by atoms with Crippen LogP contribution in [0.3, 0.4) is 0 Å². The summed E-state index contributed by atoms with van der Waals surface area (Å²) in [5.74, 6) is 0. The Bertz CT molecular complexity index is 363. The maximum absolute atomic E-state index is 9.26. The molecule has 0 saturated carbocycles. The Morgan fingerprint density at radius 3 is 3.27 bits per heavy atom. The fraction of sp³-hybridized carbons (Fsp3) is 0.286. The molecule has 0 bridgehead atoms. The van der Waals surface area contributed by atoms with E-state index in [1.165, 1.54) is 0 Å². The van der Waals surface area contributed by atoms with Crippen LogP contribution in [0.5, 0.6) is 0 Å². The van der Waals surface area contributed by atoms with E-state index in [1.807, 2.05) is 16.0 Å². The van der Waals surface area contributed by atoms with Crippen molar-refractivity contribution < 1.29 is 5.11 Å². The van der Waals surface area contributed by atoms with Gasteiger partial charge in [0.15, 0.2) is 0 Å². The highest BCUT2D eigenvalue weighted by atomic mass is 32.1. The molecule has 0 saturated heterocycles. The molecule has 1 atom stereocenters. The number of thiazole rings is 1. The van der Waals surface area contributed by atoms with Crippen LogP contribution in [0, 0.1) is 0 Å². The molecule has 11 heavy (non-hydrogen) atoms. The smallest absolute Gasteiger partial charge is 0.125 e. The number of imidazole rings is 1. The van der Waals surface area contributed by atoms with E-state index >= 15 is 0 Å². The lowest BCUT2D eigenvalue weighted by atomic mass is 10.3. The number of hydrogen-bond acceptors (Lipinski definition) is 3. The van der Waals surface area contributed by atoms with E-state index in [-0.39, 0.29) is 0 Å². The number of rotatable bonds is 1. The summed E-state index contributed by atoms with van der Waals surface area (Å²) < 4.78 is 1.91. The first-order chi connectivity index (χ1) is 5.29. The molecule has 0 aliphatic rings. The monoisotopic (exact) mass is 168 g/mol. The summed E-state index contributed by atoms with van der Waals surface area (Å²) in [6, 6.07) is 0. The van der Waals surface area contributed by atoms with Crippen LogP contribution < -0.4 is 0 Å². The molecular weight excluding hydrogens is 160 g/mol. The largest absolute Gasteiger partial charge is 0.387 e. The van der Waals surface area contributed by atoms with Crippen molar-refractivity contribution in [2.45, 2.75) is 13.0 Å². The zero-order valence-electron chi connectivity index (χ0n) is 6.06. The minimum atomic E-state index is -0.473. The highest BCUT2D eigenvalue weighted by Crippen LogP contribution is 2.21. The van der Waals surface area contributed by atoms with Crippen molar-refractivity contribution >= 4 is 16.2 Å². The Hall–Kier alpha value is -0.870. The molecule has 0 radical (unpaired) electrons. The molecule has 2 aromatic heterocycles. The second-order valence-electron chi connectivity index (χ2n) is 2.42. The molecule has 4 heteroatoms. The Labute approximate surface area is 67.9 Å². The van der Waals surface area contributed by atoms with Crippen LogP contribution in [-0.4, -0.2) is 14.5 Å². The van der Waals surface area contributed by atoms with Gasteiger partial charge in [-0.15, -0.1) is 11.3 Å². The summed E-state index contributed by atoms with van der Waals surface area (Å²) in [6.07, 6.45) is 3.17. The minimum Gasteiger partial charge on any atom is -0.387 e. The molecule has 0 aliphatic carbocycles. The Morgan fingerprint density at radius 1 is 1.73 bits per heavy atom. The lowest BCUT2D eigenvalue weighted by molar-refractivity contribution is 0.196. The molecule has 1 N–H and O–H groups in total. The van der Waals surface area contributed by atoms with E-state index < -0.39 is 6.10 Å². The van der Waals surface area contributed by atoms with Crippen molar-refractivity contribution in [2.75, 3.05) is 0 Å². The van der Waals surface area contributed by atoms with Gasteiger partial charge in [0.1, 0.15) is 16.9 Å². The van der Waals surface area contributed by atoms with Gasteiger partial charge in [-0.25, -0.2) is 4.98 Å². The molecule has 0 spiro atoms. The second-order valence-corrected chi connectivity index (χ2v) is 3.32. The van der Waals surface area contributed by atoms with Crippen LogP contribution >= 0.6 is 11.3 Å². The van der Waals surface area contributed by atoms with Crippen molar-refractivity contribution in [1.29, 1.82) is 0 Å². The Balaban J connectivity index is 2.68. The third-order valence-corrected chi connectivity index (χ3v) is 2.47. The van der Waals surface area contributed by atoms with Gasteiger partial charge in [0.05, 0.1) is 6.10 Å². The fourth-order valence-electron chi connectivity index (χ4n) is 1.04. The summed E-state index contributed by atoms with van der Waals surface area (Å²) >= 11 is 1.59. The van der Waals surface area contributed by atoms with Crippen LogP contribution in [0.25, 0.3) is 4.83 Å². The third kappa shape index (κ3) is 0.948. The molecule has 2 heterocycles. The molecule has 0 aromatic carbocycles. The standard InChI is InChI=1S/C7H8N2OS/c1-5(10)6-7-9(4-8-6)2-3-11-7/h2-5,10H,1H3. The van der Waals surface area contributed by atoms with Crippen LogP contribution in [0.4, 0.5) is 0 Å². The highest BCUT2D eigenvalue weighted by molar-refractivity contribution is 7.15. The average molecular weight is 168 g/mol. The van der Waals surface area contributed by atoms with Gasteiger partial charge in [-0.05, 0) is 6.92 Å². The van der Waals surface area contributed by atoms with Crippen molar-refractivity contribution in [2.24, 2.45) is 0 Å². The number of aromatic nitrogens is 2. The number of aliphatic hydroxyl groups excluding tert-OH is 1. The van der Waals surface area contributed by atoms with Gasteiger partial charge >= 0.3 is 0 Å². The zero-order chi connectivity index (χ0) is 7.84. The van der Waals surface area contributed by atoms with E-state index in [0.717, 1.165) is 10.5 Å². The van der Waals surface area contributed by atoms with E-state index in [4.69, 9.17) is 0 Å². The van der Waals surface area contributed by atoms with Crippen LogP contribution in [0.2, 0.25) is 0 Å². The van der Waals surface area contributed by atoms with Gasteiger partial charge in [-0.2, -0.15) is 0 Å². The Morgan fingerprint density at radius 2 is 2.55 bits per heavy atom. The molecular formula is C7H8N2OS. The normalized spacial score (nSPS) is 14.0. The molecule has 3 nitrogen and oxygen atoms in total. The number of hydrogen-bond donors (Lipinski definition) is 1. The van der Waals surface area contributed by atoms with Gasteiger partial charge in [0.25, 0.3) is 0 Å². The van der Waals surface area contributed by atoms with Gasteiger partial charge < -0.3 is 5.11 Å². The quantitative estimate of drug-likeness (QED) is 0.699. The average Bonchev–Trinajstić information content (AvgIpc) is 2.41. The number of aliphatic hydroxyl groups is 1. The first-order valence-corrected chi connectivity index (χ1v) is 4.25. The van der Waals surface area contributed by atoms with Gasteiger partial charge in [-0.1, -0.05) is 0 Å². The molecule has 2 rings (SSSR count). The summed E-state index contributed by atoms with van der Waals surface area (Å²) in [5, 5.41) is 11.2. The SMILES string of the molecule is CC(O)c1ncn2ccsc12. The maximum Gasteiger partial charge on any atom is 0.125 e. The van der Waals surface area contributed by atoms with Gasteiger partial charge in [-0.3, -0.25) is 4.40 Å². The van der Waals surface area contributed by atoms with Crippen LogP contribution in [0.1, 0.15) is 18.7 Å². The fourth-order valence-corrected chi connectivity index (χ4v) is 1.93. The first-order valence-electron chi connectivity index (χ1n) is 3.37. The molecule has 58 valence electrons. The predicted octanol–water partition coefficient (Wildman–Crippen LogP) is 1.45. The van der Waals surface area contributed by atoms with Crippen molar-refractivity contribution in [3.8, 4) is 0 Å². The van der Waals surface area contributed by atoms with Crippen molar-refractivity contribution in [3.63, 3.8) is 0 Å². The summed E-state index contributed by atoms with van der Waals surface area (Å²) in [5.41, 5.74) is 0.764. The molecule has 0 fully saturated rings. The Kier molecular flexibility index (Phi) is 1.44. The van der Waals surface area contributed by atoms with Crippen LogP contribution in [-0.2, 0) is 0 Å². The molecule has 2 aromatic rings. The number of fused-ring (bicyclic) bond motifs is 1. The first kappa shape index (κ1) is 6.82. The predicted molar refractivity (Wildman–Crippen MR) is 43.7 cm³/mol. The molecule has 1 unspecified atom stereocenters. The minimum absolute atomic E-state index is 0.473. The van der Waals surface area contributed by atoms with E-state index in [0.29, 0.717) is 0 Å². The highest BCUT2D eigenvalue weighted by Gasteiger charge is 2.09. The number of nitrogens with zero attached hydrogens (tertiary/aromatic N) is 2. The summed E-state index contributed by atoms with van der Waals surface area (Å²) in [6.45, 7) is 1.72. The van der Waals surface area contributed by atoms with Crippen LogP contribution in [0.15, 0.2) is 17.9 Å². The topological polar surface area (TPSA) is 37.5 Å². The molecule has 0 amide bonds. The zero-order valence-corrected chi connectivity index (χ0v) is 6.88. The molecule has 0 aliphatic heterocycles. The maximum atomic E-state index is 9.26. The lowest BCUT2D eigenvalue weighted by Gasteiger charge is -1.96. The second kappa shape index (κ2) is 2.32. The third-order valence-electron chi connectivity index (χ3n) is 1.57. The van der Waals surface area contributed by atoms with Crippen molar-refractivity contribution in [1.82, 2.24) is 9.38 Å². The van der Waals surface area contributed by atoms with E-state index in [9.17, 15) is 5.11 Å². The summed E-state index contributed by atoms with van der Waals surface area (Å²) in [7, 11) is 0. The van der Waals surface area contributed by atoms with Gasteiger partial charge in [0.2, 0.25) is 0 Å². The van der Waals surface area contributed by atoms with Crippen molar-refractivity contribution in [3.05, 3.63) is 23.6 Å². The summed E-state index contributed by atoms with van der Waals surface area (Å²) in [4.78, 5) is 5.11. The van der Waals surface area contributed by atoms with E-state index in [2.05, 4.69) is 4.98 Å². The van der Waals surface area contributed by atoms with E-state index in [1.54, 1.807) is 24.6 Å².